The monoisotopic (exact) mass is 582 g/mol. The molecule has 0 bridgehead atoms. The lowest BCUT2D eigenvalue weighted by Gasteiger charge is -2.36. The first kappa shape index (κ1) is 25.9. The maximum Gasteiger partial charge on any atom is 0.309 e. The second-order valence-corrected chi connectivity index (χ2v) is 11.2. The third-order valence-corrected chi connectivity index (χ3v) is 8.66. The SMILES string of the molecule is Nc1nc2c(sc(=O)n2CCN2CCN(c3ccc(O[C@H]4CNC[C@@H]4F)cc3F)CC2)c2cc(-c3ccco3)nn12. The number of halogens is 2. The van der Waals surface area contributed by atoms with Crippen molar-refractivity contribution in [2.75, 3.05) is 56.4 Å². The molecule has 0 aliphatic carbocycles. The molecule has 2 fully saturated rings. The minimum atomic E-state index is -1.10. The van der Waals surface area contributed by atoms with E-state index in [9.17, 15) is 13.6 Å². The zero-order valence-corrected chi connectivity index (χ0v) is 22.8. The predicted molar refractivity (Wildman–Crippen MR) is 152 cm³/mol. The van der Waals surface area contributed by atoms with Gasteiger partial charge in [0.1, 0.15) is 28.1 Å². The smallest absolute Gasteiger partial charge is 0.309 e. The summed E-state index contributed by atoms with van der Waals surface area (Å²) < 4.78 is 43.8. The molecule has 0 radical (unpaired) electrons. The van der Waals surface area contributed by atoms with Crippen LogP contribution in [0, 0.1) is 5.82 Å². The van der Waals surface area contributed by atoms with Gasteiger partial charge in [0.05, 0.1) is 17.5 Å². The van der Waals surface area contributed by atoms with Gasteiger partial charge in [-0.3, -0.25) is 14.3 Å². The van der Waals surface area contributed by atoms with Crippen molar-refractivity contribution in [1.82, 2.24) is 29.4 Å². The number of furan rings is 1. The quantitative estimate of drug-likeness (QED) is 0.299. The molecule has 3 N–H and O–H groups in total. The van der Waals surface area contributed by atoms with Crippen molar-refractivity contribution >= 4 is 38.8 Å². The predicted octanol–water partition coefficient (Wildman–Crippen LogP) is 2.60. The summed E-state index contributed by atoms with van der Waals surface area (Å²) in [4.78, 5) is 21.6. The third kappa shape index (κ3) is 4.81. The maximum atomic E-state index is 14.9. The number of piperazine rings is 1. The van der Waals surface area contributed by atoms with Gasteiger partial charge >= 0.3 is 4.87 Å². The molecule has 14 heteroatoms. The number of nitrogens with one attached hydrogen (secondary N) is 1. The van der Waals surface area contributed by atoms with Gasteiger partial charge in [0.25, 0.3) is 0 Å². The Labute approximate surface area is 236 Å². The van der Waals surface area contributed by atoms with Crippen LogP contribution in [0.1, 0.15) is 0 Å². The van der Waals surface area contributed by atoms with E-state index in [-0.39, 0.29) is 17.4 Å². The van der Waals surface area contributed by atoms with Crippen LogP contribution in [0.3, 0.4) is 0 Å². The zero-order chi connectivity index (χ0) is 28.1. The molecule has 214 valence electrons. The van der Waals surface area contributed by atoms with Gasteiger partial charge in [-0.05, 0) is 30.3 Å². The van der Waals surface area contributed by atoms with E-state index < -0.39 is 18.1 Å². The molecule has 5 aromatic rings. The highest BCUT2D eigenvalue weighted by atomic mass is 32.1. The fourth-order valence-corrected chi connectivity index (χ4v) is 6.43. The van der Waals surface area contributed by atoms with Gasteiger partial charge in [0.15, 0.2) is 17.6 Å². The maximum absolute atomic E-state index is 14.9. The third-order valence-electron chi connectivity index (χ3n) is 7.67. The highest BCUT2D eigenvalue weighted by Crippen LogP contribution is 2.29. The number of rotatable bonds is 7. The van der Waals surface area contributed by atoms with Gasteiger partial charge in [-0.15, -0.1) is 0 Å². The van der Waals surface area contributed by atoms with Crippen LogP contribution >= 0.6 is 11.3 Å². The average molecular weight is 583 g/mol. The van der Waals surface area contributed by atoms with E-state index in [0.717, 1.165) is 11.3 Å². The molecular formula is C27H28F2N8O3S. The molecule has 2 atom stereocenters. The Balaban J connectivity index is 1.01. The molecular weight excluding hydrogens is 554 g/mol. The molecule has 41 heavy (non-hydrogen) atoms. The first-order chi connectivity index (χ1) is 19.9. The van der Waals surface area contributed by atoms with Crippen LogP contribution in [-0.2, 0) is 6.54 Å². The average Bonchev–Trinajstić information content (AvgIpc) is 3.76. The molecule has 11 nitrogen and oxygen atoms in total. The summed E-state index contributed by atoms with van der Waals surface area (Å²) in [5, 5.41) is 7.43. The van der Waals surface area contributed by atoms with Gasteiger partial charge in [-0.25, -0.2) is 8.78 Å². The number of nitrogens with two attached hydrogens (primary N) is 1. The fourth-order valence-electron chi connectivity index (χ4n) is 5.47. The second-order valence-electron chi connectivity index (χ2n) is 10.2. The Morgan fingerprint density at radius 3 is 2.73 bits per heavy atom. The number of hydrogen-bond acceptors (Lipinski definition) is 10. The Morgan fingerprint density at radius 2 is 2.00 bits per heavy atom. The van der Waals surface area contributed by atoms with E-state index in [0.29, 0.717) is 84.6 Å². The van der Waals surface area contributed by atoms with Crippen molar-refractivity contribution in [1.29, 1.82) is 0 Å². The van der Waals surface area contributed by atoms with Crippen LogP contribution < -0.4 is 25.6 Å². The number of thiazole rings is 1. The summed E-state index contributed by atoms with van der Waals surface area (Å²) in [6, 6.07) is 10.2. The fraction of sp³-hybridized carbons (Fsp3) is 0.370. The summed E-state index contributed by atoms with van der Waals surface area (Å²) in [5.41, 5.74) is 8.57. The van der Waals surface area contributed by atoms with E-state index >= 15 is 0 Å². The number of aromatic nitrogens is 4. The number of alkyl halides is 1. The minimum Gasteiger partial charge on any atom is -0.486 e. The van der Waals surface area contributed by atoms with E-state index in [1.807, 2.05) is 17.0 Å². The van der Waals surface area contributed by atoms with E-state index in [4.69, 9.17) is 14.9 Å². The molecule has 0 spiro atoms. The summed E-state index contributed by atoms with van der Waals surface area (Å²) in [7, 11) is 0. The van der Waals surface area contributed by atoms with Crippen molar-refractivity contribution in [2.45, 2.75) is 18.8 Å². The Kier molecular flexibility index (Phi) is 6.60. The second kappa shape index (κ2) is 10.4. The van der Waals surface area contributed by atoms with Crippen molar-refractivity contribution in [3.8, 4) is 17.2 Å². The van der Waals surface area contributed by atoms with Crippen LogP contribution in [0.4, 0.5) is 20.4 Å². The Morgan fingerprint density at radius 1 is 1.15 bits per heavy atom. The summed E-state index contributed by atoms with van der Waals surface area (Å²) in [5.74, 6) is 0.731. The molecule has 2 aliphatic rings. The van der Waals surface area contributed by atoms with Crippen molar-refractivity contribution < 1.29 is 17.9 Å². The van der Waals surface area contributed by atoms with Crippen LogP contribution in [0.25, 0.3) is 27.3 Å². The minimum absolute atomic E-state index is 0.115. The molecule has 0 unspecified atom stereocenters. The lowest BCUT2D eigenvalue weighted by molar-refractivity contribution is 0.139. The van der Waals surface area contributed by atoms with Crippen molar-refractivity contribution in [3.63, 3.8) is 0 Å². The van der Waals surface area contributed by atoms with Crippen LogP contribution in [0.15, 0.2) is 51.9 Å². The number of fused-ring (bicyclic) bond motifs is 3. The summed E-state index contributed by atoms with van der Waals surface area (Å²) in [6.45, 7) is 4.43. The molecule has 2 saturated heterocycles. The topological polar surface area (TPSA) is 119 Å². The first-order valence-electron chi connectivity index (χ1n) is 13.5. The number of ether oxygens (including phenoxy) is 1. The molecule has 2 aliphatic heterocycles. The highest BCUT2D eigenvalue weighted by Gasteiger charge is 2.29. The molecule has 7 rings (SSSR count). The molecule has 4 aromatic heterocycles. The normalized spacial score (nSPS) is 20.0. The zero-order valence-electron chi connectivity index (χ0n) is 22.0. The largest absolute Gasteiger partial charge is 0.486 e. The highest BCUT2D eigenvalue weighted by molar-refractivity contribution is 7.17. The Hall–Kier alpha value is -4.01. The number of benzene rings is 1. The van der Waals surface area contributed by atoms with Gasteiger partial charge < -0.3 is 25.1 Å². The van der Waals surface area contributed by atoms with Crippen LogP contribution in [0.2, 0.25) is 0 Å². The summed E-state index contributed by atoms with van der Waals surface area (Å²) in [6.07, 6.45) is -0.131. The standard InChI is InChI=1S/C27H28F2N8O3S/c28-17-12-16(40-23-15-31-14-18(23)29)3-4-20(17)35-8-5-34(6-9-35)7-10-36-25-24(41-27(36)38)21-13-19(22-2-1-11-39-22)33-37(21)26(30)32-25/h1-4,11-13,18,23,31H,5-10,14-15H2,(H2,30,32)/t18-,23-/m0/s1. The molecule has 0 amide bonds. The van der Waals surface area contributed by atoms with Gasteiger partial charge in [-0.1, -0.05) is 11.3 Å². The van der Waals surface area contributed by atoms with E-state index in [1.165, 1.54) is 10.6 Å². The first-order valence-corrected chi connectivity index (χ1v) is 14.3. The lowest BCUT2D eigenvalue weighted by atomic mass is 10.2. The number of nitrogen functional groups attached to an aromatic ring is 1. The van der Waals surface area contributed by atoms with Gasteiger partial charge in [0, 0.05) is 58.4 Å². The van der Waals surface area contributed by atoms with E-state index in [1.54, 1.807) is 29.0 Å². The van der Waals surface area contributed by atoms with Crippen molar-refractivity contribution in [3.05, 3.63) is 58.1 Å². The van der Waals surface area contributed by atoms with Crippen molar-refractivity contribution in [2.24, 2.45) is 0 Å². The summed E-state index contributed by atoms with van der Waals surface area (Å²) >= 11 is 1.12. The van der Waals surface area contributed by atoms with E-state index in [2.05, 4.69) is 20.3 Å². The number of anilines is 2. The Bertz CT molecular complexity index is 1760. The van der Waals surface area contributed by atoms with Gasteiger partial charge in [0.2, 0.25) is 5.95 Å². The molecule has 6 heterocycles. The number of hydrogen-bond donors (Lipinski definition) is 2. The van der Waals surface area contributed by atoms with Crippen LogP contribution in [-0.4, -0.2) is 82.2 Å². The molecule has 1 aromatic carbocycles. The molecule has 0 saturated carbocycles. The van der Waals surface area contributed by atoms with Crippen LogP contribution in [0.5, 0.6) is 5.75 Å². The van der Waals surface area contributed by atoms with Gasteiger partial charge in [-0.2, -0.15) is 14.6 Å². The lowest BCUT2D eigenvalue weighted by Crippen LogP contribution is -2.47. The number of nitrogens with zero attached hydrogens (tertiary/aromatic N) is 6.